The molecule has 31 heavy (non-hydrogen) atoms. The first kappa shape index (κ1) is 26.7. The van der Waals surface area contributed by atoms with Crippen molar-refractivity contribution in [2.45, 2.75) is 62.7 Å². The molecule has 4 atom stereocenters. The van der Waals surface area contributed by atoms with E-state index in [2.05, 4.69) is 23.3 Å². The molecule has 0 aromatic rings. The van der Waals surface area contributed by atoms with Crippen molar-refractivity contribution in [3.63, 3.8) is 0 Å². The minimum absolute atomic E-state index is 0.119. The summed E-state index contributed by atoms with van der Waals surface area (Å²) in [5.41, 5.74) is 11.2. The standard InChI is InChI=1S/C18H31N5O7S/c19-6-2-1-4-11(15(26)22-12(18(29)30)8-14(24)25)21-16(27)13-5-3-7-23(13)17(28)10(20)9-31/h10-13,31H,1-9,19-20H2,(H,21,27)(H,22,26)(H,24,25)(H,29,30). The average Bonchev–Trinajstić information content (AvgIpc) is 3.20. The van der Waals surface area contributed by atoms with Crippen LogP contribution in [0.5, 0.6) is 0 Å². The molecule has 0 saturated carbocycles. The van der Waals surface area contributed by atoms with Gasteiger partial charge in [-0.2, -0.15) is 12.6 Å². The number of carbonyl (C=O) groups excluding carboxylic acids is 3. The van der Waals surface area contributed by atoms with Gasteiger partial charge in [-0.15, -0.1) is 0 Å². The topological polar surface area (TPSA) is 205 Å². The van der Waals surface area contributed by atoms with Gasteiger partial charge in [-0.3, -0.25) is 19.2 Å². The number of carbonyl (C=O) groups is 5. The summed E-state index contributed by atoms with van der Waals surface area (Å²) in [6.07, 6.45) is 1.39. The second-order valence-corrected chi connectivity index (χ2v) is 7.69. The number of carboxylic acid groups (broad SMARTS) is 2. The fourth-order valence-electron chi connectivity index (χ4n) is 3.27. The lowest BCUT2D eigenvalue weighted by Crippen LogP contribution is -2.57. The summed E-state index contributed by atoms with van der Waals surface area (Å²) in [6.45, 7) is 0.716. The number of rotatable bonds is 13. The molecule has 0 aromatic carbocycles. The molecule has 0 aromatic heterocycles. The molecule has 13 heteroatoms. The molecule has 0 spiro atoms. The van der Waals surface area contributed by atoms with Gasteiger partial charge in [-0.25, -0.2) is 4.79 Å². The highest BCUT2D eigenvalue weighted by molar-refractivity contribution is 7.80. The van der Waals surface area contributed by atoms with Gasteiger partial charge in [-0.05, 0) is 38.6 Å². The van der Waals surface area contributed by atoms with Crippen molar-refractivity contribution >= 4 is 42.3 Å². The van der Waals surface area contributed by atoms with Crippen molar-refractivity contribution in [3.05, 3.63) is 0 Å². The maximum atomic E-state index is 12.8. The minimum atomic E-state index is -1.64. The van der Waals surface area contributed by atoms with Crippen LogP contribution < -0.4 is 22.1 Å². The number of nitrogens with one attached hydrogen (secondary N) is 2. The molecule has 1 aliphatic rings. The van der Waals surface area contributed by atoms with E-state index in [9.17, 15) is 24.0 Å². The Balaban J connectivity index is 2.90. The van der Waals surface area contributed by atoms with E-state index in [1.807, 2.05) is 0 Å². The van der Waals surface area contributed by atoms with Gasteiger partial charge in [0.05, 0.1) is 12.5 Å². The first-order valence-corrected chi connectivity index (χ1v) is 10.7. The van der Waals surface area contributed by atoms with Gasteiger partial charge < -0.3 is 37.2 Å². The van der Waals surface area contributed by atoms with Crippen molar-refractivity contribution in [3.8, 4) is 0 Å². The largest absolute Gasteiger partial charge is 0.481 e. The van der Waals surface area contributed by atoms with Gasteiger partial charge in [0.2, 0.25) is 17.7 Å². The number of hydrogen-bond acceptors (Lipinski definition) is 8. The number of carboxylic acids is 2. The van der Waals surface area contributed by atoms with Gasteiger partial charge in [0, 0.05) is 12.3 Å². The summed E-state index contributed by atoms with van der Waals surface area (Å²) in [5, 5.41) is 22.7. The van der Waals surface area contributed by atoms with E-state index in [0.717, 1.165) is 0 Å². The Morgan fingerprint density at radius 3 is 2.32 bits per heavy atom. The number of unbranched alkanes of at least 4 members (excludes halogenated alkanes) is 1. The van der Waals surface area contributed by atoms with Crippen LogP contribution in [0.15, 0.2) is 0 Å². The van der Waals surface area contributed by atoms with Gasteiger partial charge in [-0.1, -0.05) is 0 Å². The Labute approximate surface area is 185 Å². The number of likely N-dealkylation sites (tertiary alicyclic amines) is 1. The van der Waals surface area contributed by atoms with E-state index < -0.39 is 60.2 Å². The molecule has 3 amide bonds. The lowest BCUT2D eigenvalue weighted by atomic mass is 10.1. The minimum Gasteiger partial charge on any atom is -0.481 e. The van der Waals surface area contributed by atoms with Crippen LogP contribution in [0, 0.1) is 0 Å². The molecule has 1 rings (SSSR count). The lowest BCUT2D eigenvalue weighted by molar-refractivity contribution is -0.147. The Morgan fingerprint density at radius 2 is 1.77 bits per heavy atom. The fourth-order valence-corrected chi connectivity index (χ4v) is 3.43. The summed E-state index contributed by atoms with van der Waals surface area (Å²) in [6, 6.07) is -4.41. The maximum absolute atomic E-state index is 12.8. The molecular weight excluding hydrogens is 430 g/mol. The highest BCUT2D eigenvalue weighted by Gasteiger charge is 2.37. The first-order chi connectivity index (χ1) is 14.6. The van der Waals surface area contributed by atoms with Crippen LogP contribution in [0.1, 0.15) is 38.5 Å². The predicted octanol–water partition coefficient (Wildman–Crippen LogP) is -2.11. The van der Waals surface area contributed by atoms with Crippen molar-refractivity contribution < 1.29 is 34.2 Å². The molecule has 8 N–H and O–H groups in total. The van der Waals surface area contributed by atoms with Gasteiger partial charge in [0.15, 0.2) is 0 Å². The number of amides is 3. The molecular formula is C18H31N5O7S. The molecule has 1 fully saturated rings. The zero-order chi connectivity index (χ0) is 23.6. The van der Waals surface area contributed by atoms with Gasteiger partial charge in [0.25, 0.3) is 0 Å². The Morgan fingerprint density at radius 1 is 1.10 bits per heavy atom. The molecule has 1 aliphatic heterocycles. The van der Waals surface area contributed by atoms with Crippen LogP contribution in [0.25, 0.3) is 0 Å². The summed E-state index contributed by atoms with van der Waals surface area (Å²) in [4.78, 5) is 61.3. The van der Waals surface area contributed by atoms with Crippen LogP contribution in [-0.2, 0) is 24.0 Å². The van der Waals surface area contributed by atoms with E-state index in [-0.39, 0.29) is 12.2 Å². The lowest BCUT2D eigenvalue weighted by Gasteiger charge is -2.28. The summed E-state index contributed by atoms with van der Waals surface area (Å²) in [5.74, 6) is -4.57. The monoisotopic (exact) mass is 461 g/mol. The van der Waals surface area contributed by atoms with Crippen LogP contribution in [0.2, 0.25) is 0 Å². The summed E-state index contributed by atoms with van der Waals surface area (Å²) >= 11 is 4.00. The zero-order valence-electron chi connectivity index (χ0n) is 17.2. The van der Waals surface area contributed by atoms with E-state index in [1.165, 1.54) is 4.90 Å². The van der Waals surface area contributed by atoms with Crippen molar-refractivity contribution in [1.29, 1.82) is 0 Å². The zero-order valence-corrected chi connectivity index (χ0v) is 18.1. The van der Waals surface area contributed by atoms with Crippen LogP contribution >= 0.6 is 12.6 Å². The Bertz CT molecular complexity index is 678. The Hall–Kier alpha value is -2.38. The third kappa shape index (κ3) is 8.34. The fraction of sp³-hybridized carbons (Fsp3) is 0.722. The molecule has 0 bridgehead atoms. The molecule has 0 radical (unpaired) electrons. The normalized spacial score (nSPS) is 18.7. The maximum Gasteiger partial charge on any atom is 0.326 e. The number of hydrogen-bond donors (Lipinski definition) is 7. The number of aliphatic carboxylic acids is 2. The highest BCUT2D eigenvalue weighted by Crippen LogP contribution is 2.19. The molecule has 4 unspecified atom stereocenters. The average molecular weight is 462 g/mol. The summed E-state index contributed by atoms with van der Waals surface area (Å²) in [7, 11) is 0. The van der Waals surface area contributed by atoms with E-state index in [0.29, 0.717) is 38.8 Å². The SMILES string of the molecule is NCCCCC(NC(=O)C1CCCN1C(=O)C(N)CS)C(=O)NC(CC(=O)O)C(=O)O. The number of thiol groups is 1. The molecule has 12 nitrogen and oxygen atoms in total. The van der Waals surface area contributed by atoms with Crippen LogP contribution in [-0.4, -0.2) is 87.8 Å². The van der Waals surface area contributed by atoms with Crippen molar-refractivity contribution in [2.75, 3.05) is 18.8 Å². The van der Waals surface area contributed by atoms with Gasteiger partial charge in [0.1, 0.15) is 18.1 Å². The quantitative estimate of drug-likeness (QED) is 0.118. The second-order valence-electron chi connectivity index (χ2n) is 7.32. The first-order valence-electron chi connectivity index (χ1n) is 10.0. The van der Waals surface area contributed by atoms with E-state index >= 15 is 0 Å². The molecule has 176 valence electrons. The van der Waals surface area contributed by atoms with Crippen LogP contribution in [0.4, 0.5) is 0 Å². The van der Waals surface area contributed by atoms with Crippen molar-refractivity contribution in [1.82, 2.24) is 15.5 Å². The van der Waals surface area contributed by atoms with Crippen LogP contribution in [0.3, 0.4) is 0 Å². The van der Waals surface area contributed by atoms with E-state index in [1.54, 1.807) is 0 Å². The summed E-state index contributed by atoms with van der Waals surface area (Å²) < 4.78 is 0. The van der Waals surface area contributed by atoms with Crippen molar-refractivity contribution in [2.24, 2.45) is 11.5 Å². The number of nitrogens with two attached hydrogens (primary N) is 2. The smallest absolute Gasteiger partial charge is 0.326 e. The molecule has 0 aliphatic carbocycles. The van der Waals surface area contributed by atoms with E-state index in [4.69, 9.17) is 21.7 Å². The Kier molecular flexibility index (Phi) is 11.3. The third-order valence-corrected chi connectivity index (χ3v) is 5.32. The van der Waals surface area contributed by atoms with Gasteiger partial charge >= 0.3 is 11.9 Å². The third-order valence-electron chi connectivity index (χ3n) is 4.93. The highest BCUT2D eigenvalue weighted by atomic mass is 32.1. The number of nitrogens with zero attached hydrogens (tertiary/aromatic N) is 1. The second kappa shape index (κ2) is 13.1. The molecule has 1 heterocycles. The molecule has 1 saturated heterocycles. The predicted molar refractivity (Wildman–Crippen MR) is 113 cm³/mol.